The first-order chi connectivity index (χ1) is 14.8. The Balaban J connectivity index is 2.87. The van der Waals surface area contributed by atoms with Crippen LogP contribution in [0, 0.1) is 0 Å². The van der Waals surface area contributed by atoms with E-state index in [1.54, 1.807) is 0 Å². The molecule has 0 spiro atoms. The molecular formula is C27H48O3. The Hall–Kier alpha value is -1.38. The lowest BCUT2D eigenvalue weighted by Gasteiger charge is -2.19. The molecule has 0 amide bonds. The fourth-order valence-electron chi connectivity index (χ4n) is 3.55. The van der Waals surface area contributed by atoms with Gasteiger partial charge in [-0.05, 0) is 43.4 Å². The van der Waals surface area contributed by atoms with E-state index in [4.69, 9.17) is 14.2 Å². The normalized spacial score (nSPS) is 10.9. The number of hydrogen-bond donors (Lipinski definition) is 0. The SMILES string of the molecule is CCCCCCOc1cc(CCC)cc(OCCCCCC)c1OCCCCCC. The van der Waals surface area contributed by atoms with E-state index in [2.05, 4.69) is 39.8 Å². The lowest BCUT2D eigenvalue weighted by Crippen LogP contribution is -2.07. The van der Waals surface area contributed by atoms with Gasteiger partial charge in [-0.25, -0.2) is 0 Å². The van der Waals surface area contributed by atoms with Gasteiger partial charge >= 0.3 is 0 Å². The van der Waals surface area contributed by atoms with Crippen molar-refractivity contribution in [3.63, 3.8) is 0 Å². The molecule has 0 heterocycles. The minimum Gasteiger partial charge on any atom is -0.490 e. The first-order valence-electron chi connectivity index (χ1n) is 12.8. The lowest BCUT2D eigenvalue weighted by molar-refractivity contribution is 0.234. The number of benzene rings is 1. The maximum absolute atomic E-state index is 6.25. The second kappa shape index (κ2) is 18.4. The molecule has 0 aromatic heterocycles. The molecular weight excluding hydrogens is 372 g/mol. The average molecular weight is 421 g/mol. The van der Waals surface area contributed by atoms with Gasteiger partial charge in [0.1, 0.15) is 0 Å². The summed E-state index contributed by atoms with van der Waals surface area (Å²) in [5, 5.41) is 0. The number of ether oxygens (including phenoxy) is 3. The summed E-state index contributed by atoms with van der Waals surface area (Å²) < 4.78 is 18.7. The highest BCUT2D eigenvalue weighted by atomic mass is 16.5. The monoisotopic (exact) mass is 420 g/mol. The molecule has 0 atom stereocenters. The maximum Gasteiger partial charge on any atom is 0.203 e. The van der Waals surface area contributed by atoms with Crippen LogP contribution in [0.25, 0.3) is 0 Å². The van der Waals surface area contributed by atoms with Crippen LogP contribution in [0.2, 0.25) is 0 Å². The molecule has 1 aromatic carbocycles. The quantitative estimate of drug-likeness (QED) is 0.198. The second-order valence-electron chi connectivity index (χ2n) is 8.40. The molecule has 30 heavy (non-hydrogen) atoms. The zero-order valence-corrected chi connectivity index (χ0v) is 20.4. The zero-order chi connectivity index (χ0) is 21.9. The maximum atomic E-state index is 6.25. The van der Waals surface area contributed by atoms with Crippen molar-refractivity contribution in [3.8, 4) is 17.2 Å². The van der Waals surface area contributed by atoms with E-state index < -0.39 is 0 Å². The Morgan fingerprint density at radius 2 is 0.933 bits per heavy atom. The Kier molecular flexibility index (Phi) is 16.3. The highest BCUT2D eigenvalue weighted by Crippen LogP contribution is 2.40. The van der Waals surface area contributed by atoms with Gasteiger partial charge in [0, 0.05) is 0 Å². The van der Waals surface area contributed by atoms with E-state index in [0.717, 1.165) is 69.2 Å². The van der Waals surface area contributed by atoms with Crippen molar-refractivity contribution in [2.75, 3.05) is 19.8 Å². The van der Waals surface area contributed by atoms with Crippen LogP contribution >= 0.6 is 0 Å². The van der Waals surface area contributed by atoms with Crippen LogP contribution in [0.5, 0.6) is 17.2 Å². The summed E-state index contributed by atoms with van der Waals surface area (Å²) in [7, 11) is 0. The molecule has 3 heteroatoms. The van der Waals surface area contributed by atoms with Gasteiger partial charge in [0.05, 0.1) is 19.8 Å². The molecule has 0 N–H and O–H groups in total. The van der Waals surface area contributed by atoms with Crippen LogP contribution in [0.1, 0.15) is 117 Å². The summed E-state index contributed by atoms with van der Waals surface area (Å²) in [6.45, 7) is 11.2. The van der Waals surface area contributed by atoms with E-state index in [-0.39, 0.29) is 0 Å². The van der Waals surface area contributed by atoms with Crippen molar-refractivity contribution in [1.82, 2.24) is 0 Å². The molecule has 1 aromatic rings. The smallest absolute Gasteiger partial charge is 0.203 e. The van der Waals surface area contributed by atoms with Crippen LogP contribution in [-0.4, -0.2) is 19.8 Å². The van der Waals surface area contributed by atoms with E-state index in [1.807, 2.05) is 0 Å². The van der Waals surface area contributed by atoms with Gasteiger partial charge < -0.3 is 14.2 Å². The average Bonchev–Trinajstić information content (AvgIpc) is 2.74. The van der Waals surface area contributed by atoms with Crippen LogP contribution in [0.4, 0.5) is 0 Å². The van der Waals surface area contributed by atoms with Crippen LogP contribution < -0.4 is 14.2 Å². The van der Waals surface area contributed by atoms with Gasteiger partial charge in [0.2, 0.25) is 5.75 Å². The van der Waals surface area contributed by atoms with E-state index >= 15 is 0 Å². The molecule has 0 saturated heterocycles. The molecule has 0 fully saturated rings. The summed E-state index contributed by atoms with van der Waals surface area (Å²) in [6.07, 6.45) is 16.6. The molecule has 0 unspecified atom stereocenters. The minimum atomic E-state index is 0.728. The molecule has 3 nitrogen and oxygen atoms in total. The fourth-order valence-corrected chi connectivity index (χ4v) is 3.55. The molecule has 1 rings (SSSR count). The highest BCUT2D eigenvalue weighted by Gasteiger charge is 2.16. The van der Waals surface area contributed by atoms with Crippen molar-refractivity contribution < 1.29 is 14.2 Å². The molecule has 0 aliphatic rings. The molecule has 0 bridgehead atoms. The molecule has 0 aliphatic carbocycles. The standard InChI is InChI=1S/C27H48O3/c1-5-9-12-15-19-28-25-22-24(18-8-4)23-26(29-20-16-13-10-6-2)27(25)30-21-17-14-11-7-3/h22-23H,5-21H2,1-4H3. The van der Waals surface area contributed by atoms with Crippen LogP contribution in [0.3, 0.4) is 0 Å². The van der Waals surface area contributed by atoms with Gasteiger partial charge in [-0.15, -0.1) is 0 Å². The molecule has 0 aliphatic heterocycles. The fraction of sp³-hybridized carbons (Fsp3) is 0.778. The van der Waals surface area contributed by atoms with E-state index in [1.165, 1.54) is 63.4 Å². The van der Waals surface area contributed by atoms with Gasteiger partial charge in [-0.2, -0.15) is 0 Å². The topological polar surface area (TPSA) is 27.7 Å². The van der Waals surface area contributed by atoms with Crippen molar-refractivity contribution in [1.29, 1.82) is 0 Å². The second-order valence-corrected chi connectivity index (χ2v) is 8.40. The predicted molar refractivity (Wildman–Crippen MR) is 129 cm³/mol. The van der Waals surface area contributed by atoms with Gasteiger partial charge in [-0.1, -0.05) is 91.9 Å². The van der Waals surface area contributed by atoms with Crippen LogP contribution in [-0.2, 0) is 6.42 Å². The summed E-state index contributed by atoms with van der Waals surface area (Å²) in [6, 6.07) is 4.35. The molecule has 0 saturated carbocycles. The summed E-state index contributed by atoms with van der Waals surface area (Å²) in [4.78, 5) is 0. The third kappa shape index (κ3) is 11.7. The highest BCUT2D eigenvalue weighted by molar-refractivity contribution is 5.54. The first-order valence-corrected chi connectivity index (χ1v) is 12.8. The number of hydrogen-bond acceptors (Lipinski definition) is 3. The molecule has 174 valence electrons. The Bertz CT molecular complexity index is 492. The number of rotatable bonds is 20. The van der Waals surface area contributed by atoms with Crippen LogP contribution in [0.15, 0.2) is 12.1 Å². The van der Waals surface area contributed by atoms with Gasteiger partial charge in [0.15, 0.2) is 11.5 Å². The number of aryl methyl sites for hydroxylation is 1. The third-order valence-electron chi connectivity index (χ3n) is 5.37. The first kappa shape index (κ1) is 26.7. The van der Waals surface area contributed by atoms with Crippen molar-refractivity contribution in [2.45, 2.75) is 118 Å². The zero-order valence-electron chi connectivity index (χ0n) is 20.4. The van der Waals surface area contributed by atoms with Crippen molar-refractivity contribution in [2.24, 2.45) is 0 Å². The Morgan fingerprint density at radius 1 is 0.500 bits per heavy atom. The third-order valence-corrected chi connectivity index (χ3v) is 5.37. The number of unbranched alkanes of at least 4 members (excludes halogenated alkanes) is 9. The summed E-state index contributed by atoms with van der Waals surface area (Å²) >= 11 is 0. The predicted octanol–water partition coefficient (Wildman–Crippen LogP) is 8.52. The Morgan fingerprint density at radius 3 is 1.33 bits per heavy atom. The van der Waals surface area contributed by atoms with E-state index in [9.17, 15) is 0 Å². The largest absolute Gasteiger partial charge is 0.490 e. The molecule has 0 radical (unpaired) electrons. The van der Waals surface area contributed by atoms with E-state index in [0.29, 0.717) is 0 Å². The van der Waals surface area contributed by atoms with Crippen molar-refractivity contribution in [3.05, 3.63) is 17.7 Å². The Labute approximate surface area is 186 Å². The summed E-state index contributed by atoms with van der Waals surface area (Å²) in [5.41, 5.74) is 1.28. The summed E-state index contributed by atoms with van der Waals surface area (Å²) in [5.74, 6) is 2.56. The van der Waals surface area contributed by atoms with Gasteiger partial charge in [0.25, 0.3) is 0 Å². The van der Waals surface area contributed by atoms with Crippen molar-refractivity contribution >= 4 is 0 Å². The minimum absolute atomic E-state index is 0.728. The van der Waals surface area contributed by atoms with Gasteiger partial charge in [-0.3, -0.25) is 0 Å². The lowest BCUT2D eigenvalue weighted by atomic mass is 10.1.